The van der Waals surface area contributed by atoms with Crippen molar-refractivity contribution in [3.8, 4) is 0 Å². The van der Waals surface area contributed by atoms with Crippen LogP contribution < -0.4 is 5.32 Å². The van der Waals surface area contributed by atoms with Crippen LogP contribution in [0.1, 0.15) is 57.1 Å². The molecule has 1 aromatic rings. The fourth-order valence-corrected chi connectivity index (χ4v) is 3.21. The zero-order chi connectivity index (χ0) is 14.5. The Morgan fingerprint density at radius 1 is 1.19 bits per heavy atom. The Labute approximate surface area is 128 Å². The summed E-state index contributed by atoms with van der Waals surface area (Å²) in [5.41, 5.74) is 1.07. The van der Waals surface area contributed by atoms with Gasteiger partial charge in [0.05, 0.1) is 12.2 Å². The molecule has 0 saturated heterocycles. The van der Waals surface area contributed by atoms with E-state index in [0.29, 0.717) is 0 Å². The summed E-state index contributed by atoms with van der Waals surface area (Å²) in [6.45, 7) is 2.88. The van der Waals surface area contributed by atoms with Crippen molar-refractivity contribution >= 4 is 0 Å². The minimum absolute atomic E-state index is 0.733. The Bertz CT molecular complexity index is 418. The normalized spacial score (nSPS) is 20.9. The molecule has 0 bridgehead atoms. The lowest BCUT2D eigenvalue weighted by atomic mass is 10.1. The van der Waals surface area contributed by atoms with Crippen LogP contribution >= 0.6 is 0 Å². The third-order valence-electron chi connectivity index (χ3n) is 4.87. The van der Waals surface area contributed by atoms with Gasteiger partial charge in [0, 0.05) is 31.4 Å². The minimum atomic E-state index is 0.733. The first-order chi connectivity index (χ1) is 10.3. The Kier molecular flexibility index (Phi) is 5.25. The zero-order valence-electron chi connectivity index (χ0n) is 13.3. The zero-order valence-corrected chi connectivity index (χ0v) is 13.3. The summed E-state index contributed by atoms with van der Waals surface area (Å²) < 4.78 is 2.00. The smallest absolute Gasteiger partial charge is 0.0964 e. The monoisotopic (exact) mass is 291 g/mol. The Morgan fingerprint density at radius 3 is 2.67 bits per heavy atom. The standard InChI is InChI=1S/C16H29N5/c1-20(16-6-4-2-3-5-7-16)10-11-21-13-15(18-19-21)12-17-14-8-9-14/h13-14,16-17H,2-12H2,1H3. The van der Waals surface area contributed by atoms with Gasteiger partial charge in [-0.3, -0.25) is 4.68 Å². The van der Waals surface area contributed by atoms with Crippen molar-refractivity contribution in [1.29, 1.82) is 0 Å². The van der Waals surface area contributed by atoms with Crippen molar-refractivity contribution in [1.82, 2.24) is 25.2 Å². The topological polar surface area (TPSA) is 46.0 Å². The first-order valence-corrected chi connectivity index (χ1v) is 8.64. The molecule has 1 N–H and O–H groups in total. The fourth-order valence-electron chi connectivity index (χ4n) is 3.21. The summed E-state index contributed by atoms with van der Waals surface area (Å²) in [5, 5.41) is 12.0. The number of aromatic nitrogens is 3. The van der Waals surface area contributed by atoms with E-state index in [-0.39, 0.29) is 0 Å². The SMILES string of the molecule is CN(CCn1cc(CNC2CC2)nn1)C1CCCCCC1. The summed E-state index contributed by atoms with van der Waals surface area (Å²) in [6.07, 6.45) is 13.1. The van der Waals surface area contributed by atoms with E-state index in [1.165, 1.54) is 51.4 Å². The molecule has 0 amide bonds. The molecule has 2 saturated carbocycles. The second-order valence-electron chi connectivity index (χ2n) is 6.75. The predicted molar refractivity (Wildman–Crippen MR) is 84.0 cm³/mol. The summed E-state index contributed by atoms with van der Waals surface area (Å²) in [7, 11) is 2.27. The molecule has 1 heterocycles. The van der Waals surface area contributed by atoms with E-state index in [0.717, 1.165) is 37.4 Å². The van der Waals surface area contributed by atoms with Crippen LogP contribution in [0.4, 0.5) is 0 Å². The van der Waals surface area contributed by atoms with Gasteiger partial charge >= 0.3 is 0 Å². The number of nitrogens with one attached hydrogen (secondary N) is 1. The van der Waals surface area contributed by atoms with Crippen LogP contribution in [0.5, 0.6) is 0 Å². The molecule has 2 fully saturated rings. The van der Waals surface area contributed by atoms with Crippen molar-refractivity contribution in [3.05, 3.63) is 11.9 Å². The van der Waals surface area contributed by atoms with E-state index in [1.54, 1.807) is 0 Å². The molecule has 118 valence electrons. The summed E-state index contributed by atoms with van der Waals surface area (Å²) >= 11 is 0. The fraction of sp³-hybridized carbons (Fsp3) is 0.875. The largest absolute Gasteiger partial charge is 0.308 e. The van der Waals surface area contributed by atoms with Gasteiger partial charge in [-0.15, -0.1) is 5.10 Å². The molecule has 0 spiro atoms. The van der Waals surface area contributed by atoms with Gasteiger partial charge in [-0.25, -0.2) is 0 Å². The second kappa shape index (κ2) is 7.36. The highest BCUT2D eigenvalue weighted by Gasteiger charge is 2.20. The third kappa shape index (κ3) is 4.78. The molecule has 2 aliphatic rings. The molecule has 5 heteroatoms. The van der Waals surface area contributed by atoms with E-state index in [9.17, 15) is 0 Å². The Hall–Kier alpha value is -0.940. The van der Waals surface area contributed by atoms with Crippen LogP contribution in [0.15, 0.2) is 6.20 Å². The highest BCUT2D eigenvalue weighted by molar-refractivity contribution is 4.94. The molecular weight excluding hydrogens is 262 g/mol. The number of hydrogen-bond acceptors (Lipinski definition) is 4. The predicted octanol–water partition coefficient (Wildman–Crippen LogP) is 2.18. The molecule has 0 atom stereocenters. The van der Waals surface area contributed by atoms with Gasteiger partial charge in [0.15, 0.2) is 0 Å². The number of hydrogen-bond donors (Lipinski definition) is 1. The number of rotatable bonds is 7. The average molecular weight is 291 g/mol. The lowest BCUT2D eigenvalue weighted by Crippen LogP contribution is -2.34. The van der Waals surface area contributed by atoms with Crippen LogP contribution in [0.2, 0.25) is 0 Å². The van der Waals surface area contributed by atoms with Crippen molar-refractivity contribution in [3.63, 3.8) is 0 Å². The highest BCUT2D eigenvalue weighted by Crippen LogP contribution is 2.21. The first-order valence-electron chi connectivity index (χ1n) is 8.64. The molecule has 1 aromatic heterocycles. The summed E-state index contributed by atoms with van der Waals surface area (Å²) in [4.78, 5) is 2.52. The summed E-state index contributed by atoms with van der Waals surface area (Å²) in [5.74, 6) is 0. The van der Waals surface area contributed by atoms with Crippen LogP contribution in [-0.4, -0.2) is 45.6 Å². The molecule has 0 radical (unpaired) electrons. The Balaban J connectivity index is 1.40. The molecule has 3 rings (SSSR count). The lowest BCUT2D eigenvalue weighted by Gasteiger charge is -2.26. The highest BCUT2D eigenvalue weighted by atomic mass is 15.4. The molecule has 0 aromatic carbocycles. The van der Waals surface area contributed by atoms with Gasteiger partial charge in [0.1, 0.15) is 0 Å². The van der Waals surface area contributed by atoms with E-state index in [4.69, 9.17) is 0 Å². The van der Waals surface area contributed by atoms with Gasteiger partial charge in [0.2, 0.25) is 0 Å². The first kappa shape index (κ1) is 15.0. The maximum absolute atomic E-state index is 4.25. The maximum Gasteiger partial charge on any atom is 0.0964 e. The molecular formula is C16H29N5. The lowest BCUT2D eigenvalue weighted by molar-refractivity contribution is 0.210. The van der Waals surface area contributed by atoms with Crippen LogP contribution in [0, 0.1) is 0 Å². The maximum atomic E-state index is 4.25. The van der Waals surface area contributed by atoms with Gasteiger partial charge in [-0.2, -0.15) is 0 Å². The molecule has 21 heavy (non-hydrogen) atoms. The van der Waals surface area contributed by atoms with E-state index in [1.807, 2.05) is 4.68 Å². The van der Waals surface area contributed by atoms with Gasteiger partial charge in [-0.1, -0.05) is 30.9 Å². The second-order valence-corrected chi connectivity index (χ2v) is 6.75. The van der Waals surface area contributed by atoms with Crippen molar-refractivity contribution < 1.29 is 0 Å². The van der Waals surface area contributed by atoms with E-state index in [2.05, 4.69) is 33.8 Å². The van der Waals surface area contributed by atoms with Crippen LogP contribution in [-0.2, 0) is 13.1 Å². The number of nitrogens with zero attached hydrogens (tertiary/aromatic N) is 4. The van der Waals surface area contributed by atoms with Gasteiger partial charge in [-0.05, 0) is 32.7 Å². The van der Waals surface area contributed by atoms with Crippen molar-refractivity contribution in [2.45, 2.75) is 76.5 Å². The van der Waals surface area contributed by atoms with Gasteiger partial charge < -0.3 is 10.2 Å². The molecule has 0 unspecified atom stereocenters. The minimum Gasteiger partial charge on any atom is -0.308 e. The average Bonchev–Trinajstić information content (AvgIpc) is 3.27. The molecule has 5 nitrogen and oxygen atoms in total. The van der Waals surface area contributed by atoms with Crippen molar-refractivity contribution in [2.75, 3.05) is 13.6 Å². The van der Waals surface area contributed by atoms with E-state index < -0.39 is 0 Å². The van der Waals surface area contributed by atoms with Crippen LogP contribution in [0.25, 0.3) is 0 Å². The van der Waals surface area contributed by atoms with Crippen LogP contribution in [0.3, 0.4) is 0 Å². The number of likely N-dealkylation sites (N-methyl/N-ethyl adjacent to an activating group) is 1. The van der Waals surface area contributed by atoms with E-state index >= 15 is 0 Å². The quantitative estimate of drug-likeness (QED) is 0.782. The third-order valence-corrected chi connectivity index (χ3v) is 4.87. The Morgan fingerprint density at radius 2 is 1.95 bits per heavy atom. The summed E-state index contributed by atoms with van der Waals surface area (Å²) in [6, 6.07) is 1.50. The molecule has 0 aliphatic heterocycles. The van der Waals surface area contributed by atoms with Gasteiger partial charge in [0.25, 0.3) is 0 Å². The van der Waals surface area contributed by atoms with Crippen molar-refractivity contribution in [2.24, 2.45) is 0 Å². The molecule has 2 aliphatic carbocycles.